The third-order valence-corrected chi connectivity index (χ3v) is 6.43. The number of carboxylic acids is 1. The number of anilines is 2. The summed E-state index contributed by atoms with van der Waals surface area (Å²) in [6.45, 7) is 2.01. The third-order valence-electron chi connectivity index (χ3n) is 5.07. The van der Waals surface area contributed by atoms with E-state index in [0.717, 1.165) is 11.1 Å². The summed E-state index contributed by atoms with van der Waals surface area (Å²) in [5, 5.41) is 10.6. The Morgan fingerprint density at radius 3 is 2.53 bits per heavy atom. The molecule has 1 atom stereocenters. The van der Waals surface area contributed by atoms with Crippen molar-refractivity contribution in [3.63, 3.8) is 0 Å². The van der Waals surface area contributed by atoms with Gasteiger partial charge in [-0.15, -0.1) is 6.42 Å². The lowest BCUT2D eigenvalue weighted by Crippen LogP contribution is -2.35. The maximum Gasteiger partial charge on any atom is 0.305 e. The largest absolute Gasteiger partial charge is 0.497 e. The summed E-state index contributed by atoms with van der Waals surface area (Å²) in [5.41, 5.74) is 1.13. The van der Waals surface area contributed by atoms with E-state index in [1.165, 1.54) is 19.2 Å². The number of terminal acetylenes is 1. The molecule has 0 spiro atoms. The van der Waals surface area contributed by atoms with Crippen LogP contribution >= 0.6 is 0 Å². The summed E-state index contributed by atoms with van der Waals surface area (Å²) in [7, 11) is -2.40. The monoisotopic (exact) mass is 452 g/mol. The van der Waals surface area contributed by atoms with Crippen LogP contribution in [0.15, 0.2) is 65.6 Å². The lowest BCUT2D eigenvalue weighted by atomic mass is 10.0. The Morgan fingerprint density at radius 2 is 1.88 bits per heavy atom. The van der Waals surface area contributed by atoms with Crippen LogP contribution in [-0.2, 0) is 14.8 Å². The second-order valence-electron chi connectivity index (χ2n) is 7.24. The lowest BCUT2D eigenvalue weighted by molar-refractivity contribution is -0.137. The van der Waals surface area contributed by atoms with Crippen LogP contribution in [0.5, 0.6) is 5.75 Å². The van der Waals surface area contributed by atoms with Crippen molar-refractivity contribution in [3.05, 3.63) is 60.7 Å². The highest BCUT2D eigenvalue weighted by Gasteiger charge is 2.21. The number of rotatable bonds is 9. The predicted octanol–water partition coefficient (Wildman–Crippen LogP) is 3.95. The van der Waals surface area contributed by atoms with E-state index in [2.05, 4.69) is 10.6 Å². The van der Waals surface area contributed by atoms with Gasteiger partial charge in [-0.05, 0) is 31.2 Å². The van der Waals surface area contributed by atoms with E-state index in [9.17, 15) is 18.3 Å². The highest BCUT2D eigenvalue weighted by molar-refractivity contribution is 7.92. The minimum atomic E-state index is -3.87. The van der Waals surface area contributed by atoms with Crippen molar-refractivity contribution < 1.29 is 23.1 Å². The number of hydrogen-bond donors (Lipinski definition) is 2. The molecule has 0 unspecified atom stereocenters. The number of hydrogen-bond acceptors (Lipinski definition) is 5. The first-order valence-corrected chi connectivity index (χ1v) is 11.4. The smallest absolute Gasteiger partial charge is 0.305 e. The number of ether oxygens (including phenoxy) is 1. The molecule has 0 radical (unpaired) electrons. The van der Waals surface area contributed by atoms with Gasteiger partial charge >= 0.3 is 5.97 Å². The number of fused-ring (bicyclic) bond motifs is 1. The standard InChI is InChI=1S/C24H24N2O5S/c1-4-14-26(17(2)15-24(27)28)23-13-12-22(20-10-5-6-11-21(20)23)25-32(29,30)19-9-7-8-18(16-19)31-3/h1,5-13,16-17,25H,14-15H2,2-3H3,(H,27,28)/t17-/m0/s1. The molecule has 0 amide bonds. The lowest BCUT2D eigenvalue weighted by Gasteiger charge is -2.30. The van der Waals surface area contributed by atoms with Gasteiger partial charge in [0.05, 0.1) is 30.7 Å². The molecule has 0 aliphatic heterocycles. The molecule has 7 nitrogen and oxygen atoms in total. The number of methoxy groups -OCH3 is 1. The molecule has 0 aromatic heterocycles. The van der Waals surface area contributed by atoms with Crippen LogP contribution in [0, 0.1) is 12.3 Å². The molecule has 0 fully saturated rings. The SMILES string of the molecule is C#CCN(c1ccc(NS(=O)(=O)c2cccc(OC)c2)c2ccccc12)[C@@H](C)CC(=O)O. The number of nitrogens with zero attached hydrogens (tertiary/aromatic N) is 1. The number of sulfonamides is 1. The topological polar surface area (TPSA) is 95.9 Å². The molecule has 0 aliphatic carbocycles. The van der Waals surface area contributed by atoms with Gasteiger partial charge in [0.15, 0.2) is 0 Å². The molecular weight excluding hydrogens is 428 g/mol. The number of benzene rings is 3. The molecule has 2 N–H and O–H groups in total. The van der Waals surface area contributed by atoms with Crippen LogP contribution in [-0.4, -0.2) is 39.2 Å². The van der Waals surface area contributed by atoms with Crippen LogP contribution in [0.25, 0.3) is 10.8 Å². The van der Waals surface area contributed by atoms with Crippen molar-refractivity contribution >= 4 is 38.1 Å². The van der Waals surface area contributed by atoms with Crippen molar-refractivity contribution in [2.24, 2.45) is 0 Å². The zero-order chi connectivity index (χ0) is 23.3. The third kappa shape index (κ3) is 4.95. The molecule has 3 aromatic carbocycles. The summed E-state index contributed by atoms with van der Waals surface area (Å²) in [4.78, 5) is 13.1. The fraction of sp³-hybridized carbons (Fsp3) is 0.208. The summed E-state index contributed by atoms with van der Waals surface area (Å²) < 4.78 is 33.8. The van der Waals surface area contributed by atoms with Gasteiger partial charge in [-0.25, -0.2) is 8.42 Å². The summed E-state index contributed by atoms with van der Waals surface area (Å²) in [5.74, 6) is 2.09. The molecule has 3 rings (SSSR count). The Balaban J connectivity index is 2.06. The van der Waals surface area contributed by atoms with E-state index in [-0.39, 0.29) is 23.9 Å². The Bertz CT molecular complexity index is 1280. The van der Waals surface area contributed by atoms with Crippen LogP contribution in [0.2, 0.25) is 0 Å². The predicted molar refractivity (Wildman–Crippen MR) is 126 cm³/mol. The Kier molecular flexibility index (Phi) is 6.91. The average molecular weight is 453 g/mol. The number of aliphatic carboxylic acids is 1. The highest BCUT2D eigenvalue weighted by atomic mass is 32.2. The van der Waals surface area contributed by atoms with Gasteiger partial charge in [-0.3, -0.25) is 9.52 Å². The molecule has 8 heteroatoms. The Hall–Kier alpha value is -3.70. The second-order valence-corrected chi connectivity index (χ2v) is 8.92. The average Bonchev–Trinajstić information content (AvgIpc) is 2.77. The van der Waals surface area contributed by atoms with Crippen molar-refractivity contribution in [3.8, 4) is 18.1 Å². The summed E-state index contributed by atoms with van der Waals surface area (Å²) in [6.07, 6.45) is 5.46. The van der Waals surface area contributed by atoms with Crippen LogP contribution in [0.4, 0.5) is 11.4 Å². The van der Waals surface area contributed by atoms with Gasteiger partial charge in [0.2, 0.25) is 0 Å². The van der Waals surface area contributed by atoms with Gasteiger partial charge in [-0.2, -0.15) is 0 Å². The molecular formula is C24H24N2O5S. The summed E-state index contributed by atoms with van der Waals surface area (Å²) >= 11 is 0. The van der Waals surface area contributed by atoms with Crippen LogP contribution < -0.4 is 14.4 Å². The van der Waals surface area contributed by atoms with Crippen LogP contribution in [0.3, 0.4) is 0 Å². The zero-order valence-electron chi connectivity index (χ0n) is 17.8. The fourth-order valence-electron chi connectivity index (χ4n) is 3.53. The Morgan fingerprint density at radius 1 is 1.16 bits per heavy atom. The minimum Gasteiger partial charge on any atom is -0.497 e. The molecule has 0 saturated carbocycles. The van der Waals surface area contributed by atoms with Gasteiger partial charge in [0.1, 0.15) is 5.75 Å². The molecule has 32 heavy (non-hydrogen) atoms. The quantitative estimate of drug-likeness (QED) is 0.477. The van der Waals surface area contributed by atoms with Gasteiger partial charge < -0.3 is 14.7 Å². The first kappa shape index (κ1) is 23.0. The van der Waals surface area contributed by atoms with E-state index in [0.29, 0.717) is 16.8 Å². The minimum absolute atomic E-state index is 0.0778. The van der Waals surface area contributed by atoms with Crippen molar-refractivity contribution in [1.82, 2.24) is 0 Å². The first-order chi connectivity index (χ1) is 15.3. The van der Waals surface area contributed by atoms with Gasteiger partial charge in [0, 0.05) is 28.6 Å². The highest BCUT2D eigenvalue weighted by Crippen LogP contribution is 2.35. The van der Waals surface area contributed by atoms with Crippen molar-refractivity contribution in [1.29, 1.82) is 0 Å². The fourth-order valence-corrected chi connectivity index (χ4v) is 4.65. The normalized spacial score (nSPS) is 12.0. The molecule has 0 aliphatic rings. The van der Waals surface area contributed by atoms with E-state index >= 15 is 0 Å². The van der Waals surface area contributed by atoms with Crippen molar-refractivity contribution in [2.45, 2.75) is 24.3 Å². The maximum atomic E-state index is 13.0. The molecule has 0 heterocycles. The zero-order valence-corrected chi connectivity index (χ0v) is 18.6. The number of carboxylic acid groups (broad SMARTS) is 1. The van der Waals surface area contributed by atoms with Gasteiger partial charge in [0.25, 0.3) is 10.0 Å². The molecule has 0 saturated heterocycles. The molecule has 166 valence electrons. The number of nitrogens with one attached hydrogen (secondary N) is 1. The van der Waals surface area contributed by atoms with E-state index in [4.69, 9.17) is 11.2 Å². The van der Waals surface area contributed by atoms with Gasteiger partial charge in [-0.1, -0.05) is 36.3 Å². The second kappa shape index (κ2) is 9.62. The molecule has 3 aromatic rings. The van der Waals surface area contributed by atoms with Crippen molar-refractivity contribution in [2.75, 3.05) is 23.3 Å². The van der Waals surface area contributed by atoms with Crippen LogP contribution in [0.1, 0.15) is 13.3 Å². The Labute approximate surface area is 187 Å². The summed E-state index contributed by atoms with van der Waals surface area (Å²) in [6, 6.07) is 16.6. The molecule has 0 bridgehead atoms. The van der Waals surface area contributed by atoms with E-state index < -0.39 is 16.0 Å². The first-order valence-electron chi connectivity index (χ1n) is 9.87. The maximum absolute atomic E-state index is 13.0. The number of carbonyl (C=O) groups is 1. The van der Waals surface area contributed by atoms with E-state index in [1.54, 1.807) is 37.3 Å². The van der Waals surface area contributed by atoms with E-state index in [1.807, 2.05) is 23.1 Å².